The number of carbonyl (C=O) groups is 1. The third kappa shape index (κ3) is 3.61. The van der Waals surface area contributed by atoms with Gasteiger partial charge in [0.25, 0.3) is 0 Å². The third-order valence-electron chi connectivity index (χ3n) is 2.54. The zero-order chi connectivity index (χ0) is 13.7. The normalized spacial score (nSPS) is 13.8. The summed E-state index contributed by atoms with van der Waals surface area (Å²) >= 11 is 0. The van der Waals surface area contributed by atoms with E-state index >= 15 is 0 Å². The summed E-state index contributed by atoms with van der Waals surface area (Å²) in [6.07, 6.45) is -2.32. The molecule has 1 aromatic carbocycles. The summed E-state index contributed by atoms with van der Waals surface area (Å²) in [5, 5.41) is 22.1. The number of rotatable bonds is 5. The second-order valence-corrected chi connectivity index (χ2v) is 3.94. The molecule has 2 atom stereocenters. The molecule has 6 heteroatoms. The van der Waals surface area contributed by atoms with Crippen LogP contribution in [-0.4, -0.2) is 35.9 Å². The number of nitrogen functional groups attached to an aromatic ring is 1. The largest absolute Gasteiger partial charge is 0.497 e. The van der Waals surface area contributed by atoms with E-state index in [-0.39, 0.29) is 12.5 Å². The molecular weight excluding hydrogens is 236 g/mol. The molecule has 0 saturated carbocycles. The monoisotopic (exact) mass is 254 g/mol. The molecule has 100 valence electrons. The highest BCUT2D eigenvalue weighted by Crippen LogP contribution is 2.27. The van der Waals surface area contributed by atoms with E-state index in [1.54, 1.807) is 18.2 Å². The minimum atomic E-state index is -1.19. The van der Waals surface area contributed by atoms with Crippen LogP contribution in [0, 0.1) is 0 Å². The number of amides is 1. The maximum Gasteiger partial charge on any atom is 0.216 e. The Morgan fingerprint density at radius 2 is 2.17 bits per heavy atom. The first-order valence-electron chi connectivity index (χ1n) is 5.49. The van der Waals surface area contributed by atoms with Crippen molar-refractivity contribution in [3.8, 4) is 5.75 Å². The van der Waals surface area contributed by atoms with Crippen LogP contribution in [0.4, 0.5) is 5.69 Å². The van der Waals surface area contributed by atoms with Gasteiger partial charge in [-0.2, -0.15) is 0 Å². The number of aliphatic hydroxyl groups excluding tert-OH is 2. The Bertz CT molecular complexity index is 423. The highest BCUT2D eigenvalue weighted by molar-refractivity contribution is 5.72. The lowest BCUT2D eigenvalue weighted by atomic mass is 10.0. The summed E-state index contributed by atoms with van der Waals surface area (Å²) in [4.78, 5) is 10.7. The van der Waals surface area contributed by atoms with Gasteiger partial charge in [-0.05, 0) is 18.2 Å². The summed E-state index contributed by atoms with van der Waals surface area (Å²) in [7, 11) is 1.50. The smallest absolute Gasteiger partial charge is 0.216 e. The molecule has 0 aliphatic rings. The van der Waals surface area contributed by atoms with Crippen molar-refractivity contribution in [3.05, 3.63) is 23.8 Å². The fourth-order valence-electron chi connectivity index (χ4n) is 1.50. The number of aliphatic hydroxyl groups is 2. The molecule has 5 N–H and O–H groups in total. The Morgan fingerprint density at radius 3 is 2.72 bits per heavy atom. The van der Waals surface area contributed by atoms with Crippen molar-refractivity contribution in [2.24, 2.45) is 0 Å². The SMILES string of the molecule is COc1ccc(N)c(C(O)C(O)CNC(C)=O)c1. The van der Waals surface area contributed by atoms with E-state index in [0.717, 1.165) is 0 Å². The van der Waals surface area contributed by atoms with Crippen LogP contribution in [0.25, 0.3) is 0 Å². The predicted molar refractivity (Wildman–Crippen MR) is 67.1 cm³/mol. The highest BCUT2D eigenvalue weighted by Gasteiger charge is 2.21. The van der Waals surface area contributed by atoms with Crippen LogP contribution in [0.5, 0.6) is 5.75 Å². The number of hydrogen-bond donors (Lipinski definition) is 4. The van der Waals surface area contributed by atoms with Gasteiger partial charge in [0.15, 0.2) is 0 Å². The van der Waals surface area contributed by atoms with Gasteiger partial charge in [-0.15, -0.1) is 0 Å². The molecule has 0 fully saturated rings. The number of benzene rings is 1. The predicted octanol–water partition coefficient (Wildman–Crippen LogP) is -0.192. The topological polar surface area (TPSA) is 105 Å². The molecule has 1 amide bonds. The standard InChI is InChI=1S/C12H18N2O4/c1-7(15)14-6-11(16)12(17)9-5-8(18-2)3-4-10(9)13/h3-5,11-12,16-17H,6,13H2,1-2H3,(H,14,15). The molecule has 0 radical (unpaired) electrons. The van der Waals surface area contributed by atoms with E-state index in [0.29, 0.717) is 17.0 Å². The first-order chi connectivity index (χ1) is 8.45. The summed E-state index contributed by atoms with van der Waals surface area (Å²) in [5.74, 6) is 0.254. The summed E-state index contributed by atoms with van der Waals surface area (Å²) in [6.45, 7) is 1.28. The van der Waals surface area contributed by atoms with Crippen LogP contribution < -0.4 is 15.8 Å². The van der Waals surface area contributed by atoms with Crippen LogP contribution in [0.1, 0.15) is 18.6 Å². The molecule has 0 bridgehead atoms. The lowest BCUT2D eigenvalue weighted by Crippen LogP contribution is -2.34. The van der Waals surface area contributed by atoms with E-state index < -0.39 is 12.2 Å². The number of hydrogen-bond acceptors (Lipinski definition) is 5. The second kappa shape index (κ2) is 6.23. The minimum Gasteiger partial charge on any atom is -0.497 e. The lowest BCUT2D eigenvalue weighted by Gasteiger charge is -2.20. The molecule has 0 spiro atoms. The van der Waals surface area contributed by atoms with Crippen LogP contribution in [0.15, 0.2) is 18.2 Å². The van der Waals surface area contributed by atoms with Gasteiger partial charge in [0.1, 0.15) is 18.0 Å². The van der Waals surface area contributed by atoms with Crippen molar-refractivity contribution in [2.75, 3.05) is 19.4 Å². The van der Waals surface area contributed by atoms with Crippen molar-refractivity contribution < 1.29 is 19.7 Å². The van der Waals surface area contributed by atoms with Gasteiger partial charge >= 0.3 is 0 Å². The average molecular weight is 254 g/mol. The van der Waals surface area contributed by atoms with E-state index in [2.05, 4.69) is 5.32 Å². The first kappa shape index (κ1) is 14.3. The molecule has 1 rings (SSSR count). The summed E-state index contributed by atoms with van der Waals surface area (Å²) in [5.41, 5.74) is 6.44. The zero-order valence-electron chi connectivity index (χ0n) is 10.4. The summed E-state index contributed by atoms with van der Waals surface area (Å²) in [6, 6.07) is 4.80. The molecule has 18 heavy (non-hydrogen) atoms. The minimum absolute atomic E-state index is 0.0485. The van der Waals surface area contributed by atoms with Gasteiger partial charge in [-0.1, -0.05) is 0 Å². The Labute approximate surface area is 105 Å². The number of methoxy groups -OCH3 is 1. The Kier molecular flexibility index (Phi) is 4.94. The first-order valence-corrected chi connectivity index (χ1v) is 5.49. The van der Waals surface area contributed by atoms with Crippen molar-refractivity contribution in [1.82, 2.24) is 5.32 Å². The van der Waals surface area contributed by atoms with Gasteiger partial charge in [-0.25, -0.2) is 0 Å². The zero-order valence-corrected chi connectivity index (χ0v) is 10.4. The molecular formula is C12H18N2O4. The van der Waals surface area contributed by atoms with Gasteiger partial charge in [0, 0.05) is 24.7 Å². The molecule has 0 saturated heterocycles. The van der Waals surface area contributed by atoms with Crippen LogP contribution >= 0.6 is 0 Å². The maximum absolute atomic E-state index is 10.7. The molecule has 0 aliphatic carbocycles. The number of ether oxygens (including phenoxy) is 1. The Hall–Kier alpha value is -1.79. The number of carbonyl (C=O) groups excluding carboxylic acids is 1. The third-order valence-corrected chi connectivity index (χ3v) is 2.54. The molecule has 0 heterocycles. The van der Waals surface area contributed by atoms with Crippen molar-refractivity contribution >= 4 is 11.6 Å². The van der Waals surface area contributed by atoms with Crippen molar-refractivity contribution in [3.63, 3.8) is 0 Å². The average Bonchev–Trinajstić information content (AvgIpc) is 2.35. The molecule has 2 unspecified atom stereocenters. The van der Waals surface area contributed by atoms with E-state index in [1.165, 1.54) is 14.0 Å². The Balaban J connectivity index is 2.81. The Morgan fingerprint density at radius 1 is 1.50 bits per heavy atom. The number of nitrogens with one attached hydrogen (secondary N) is 1. The number of anilines is 1. The van der Waals surface area contributed by atoms with Crippen molar-refractivity contribution in [1.29, 1.82) is 0 Å². The van der Waals surface area contributed by atoms with Gasteiger partial charge in [0.2, 0.25) is 5.91 Å². The summed E-state index contributed by atoms with van der Waals surface area (Å²) < 4.78 is 5.02. The lowest BCUT2D eigenvalue weighted by molar-refractivity contribution is -0.119. The van der Waals surface area contributed by atoms with E-state index in [1.807, 2.05) is 0 Å². The quantitative estimate of drug-likeness (QED) is 0.545. The van der Waals surface area contributed by atoms with Gasteiger partial charge in [0.05, 0.1) is 7.11 Å². The molecule has 0 aliphatic heterocycles. The maximum atomic E-state index is 10.7. The van der Waals surface area contributed by atoms with E-state index in [4.69, 9.17) is 10.5 Å². The highest BCUT2D eigenvalue weighted by atomic mass is 16.5. The van der Waals surface area contributed by atoms with Crippen molar-refractivity contribution in [2.45, 2.75) is 19.1 Å². The van der Waals surface area contributed by atoms with Gasteiger partial charge in [-0.3, -0.25) is 4.79 Å². The molecule has 0 aromatic heterocycles. The number of nitrogens with two attached hydrogens (primary N) is 1. The van der Waals surface area contributed by atoms with Crippen LogP contribution in [-0.2, 0) is 4.79 Å². The fourth-order valence-corrected chi connectivity index (χ4v) is 1.50. The van der Waals surface area contributed by atoms with Crippen LogP contribution in [0.3, 0.4) is 0 Å². The fraction of sp³-hybridized carbons (Fsp3) is 0.417. The molecule has 1 aromatic rings. The van der Waals surface area contributed by atoms with Crippen LogP contribution in [0.2, 0.25) is 0 Å². The van der Waals surface area contributed by atoms with Gasteiger partial charge < -0.3 is 26.0 Å². The molecule has 6 nitrogen and oxygen atoms in total. The van der Waals surface area contributed by atoms with E-state index in [9.17, 15) is 15.0 Å². The second-order valence-electron chi connectivity index (χ2n) is 3.94.